The number of carbonyl (C=O) groups is 1. The van der Waals surface area contributed by atoms with E-state index in [0.717, 1.165) is 0 Å². The number of hydrogen-bond donors (Lipinski definition) is 0. The van der Waals surface area contributed by atoms with Crippen LogP contribution < -0.4 is 0 Å². The van der Waals surface area contributed by atoms with E-state index in [2.05, 4.69) is 4.74 Å². The Hall–Kier alpha value is 0.340. The zero-order valence-electron chi connectivity index (χ0n) is 4.94. The third-order valence-corrected chi connectivity index (χ3v) is 2.69. The van der Waals surface area contributed by atoms with Crippen LogP contribution in [0.5, 0.6) is 0 Å². The monoisotopic (exact) mass is 202 g/mol. The summed E-state index contributed by atoms with van der Waals surface area (Å²) in [4.78, 5) is 10.7. The second-order valence-electron chi connectivity index (χ2n) is 2.07. The van der Waals surface area contributed by atoms with Crippen molar-refractivity contribution in [3.05, 3.63) is 0 Å². The minimum atomic E-state index is -1.43. The maximum Gasteiger partial charge on any atom is 0.343 e. The number of rotatable bonds is 1. The molecule has 0 saturated carbocycles. The lowest BCUT2D eigenvalue weighted by Crippen LogP contribution is -2.28. The number of esters is 1. The fraction of sp³-hybridized carbons (Fsp3) is 0.800. The van der Waals surface area contributed by atoms with Gasteiger partial charge in [0.2, 0.25) is 4.33 Å². The highest BCUT2D eigenvalue weighted by atomic mass is 35.5. The smallest absolute Gasteiger partial charge is 0.343 e. The quantitative estimate of drug-likeness (QED) is 0.478. The normalized spacial score (nSPS) is 30.3. The summed E-state index contributed by atoms with van der Waals surface area (Å²) < 4.78 is 3.16. The molecule has 0 aromatic heterocycles. The maximum atomic E-state index is 10.7. The van der Waals surface area contributed by atoms with Crippen molar-refractivity contribution >= 4 is 40.8 Å². The standard InChI is InChI=1S/C5H5Cl3O2/c6-1-3-2-10-4(9)5(3,7)8/h3H,1-2H2. The Labute approximate surface area is 73.4 Å². The second kappa shape index (κ2) is 2.76. The van der Waals surface area contributed by atoms with E-state index < -0.39 is 10.3 Å². The lowest BCUT2D eigenvalue weighted by molar-refractivity contribution is -0.138. The summed E-state index contributed by atoms with van der Waals surface area (Å²) in [5, 5.41) is 0. The summed E-state index contributed by atoms with van der Waals surface area (Å²) in [7, 11) is 0. The van der Waals surface area contributed by atoms with Crippen LogP contribution in [0, 0.1) is 5.92 Å². The first-order chi connectivity index (χ1) is 4.59. The van der Waals surface area contributed by atoms with Gasteiger partial charge in [-0.2, -0.15) is 0 Å². The topological polar surface area (TPSA) is 26.3 Å². The van der Waals surface area contributed by atoms with E-state index in [1.165, 1.54) is 0 Å². The molecule has 0 amide bonds. The molecule has 2 nitrogen and oxygen atoms in total. The molecule has 1 atom stereocenters. The summed E-state index contributed by atoms with van der Waals surface area (Å²) in [6.07, 6.45) is 0. The lowest BCUT2D eigenvalue weighted by atomic mass is 10.1. The Morgan fingerprint density at radius 2 is 2.30 bits per heavy atom. The Bertz CT molecular complexity index is 157. The molecule has 58 valence electrons. The number of carbonyl (C=O) groups excluding carboxylic acids is 1. The summed E-state index contributed by atoms with van der Waals surface area (Å²) in [5.41, 5.74) is 0. The average molecular weight is 203 g/mol. The van der Waals surface area contributed by atoms with Crippen molar-refractivity contribution in [2.75, 3.05) is 12.5 Å². The minimum absolute atomic E-state index is 0.218. The van der Waals surface area contributed by atoms with Gasteiger partial charge >= 0.3 is 5.97 Å². The molecule has 0 aromatic carbocycles. The van der Waals surface area contributed by atoms with E-state index in [0.29, 0.717) is 0 Å². The molecule has 1 aliphatic heterocycles. The van der Waals surface area contributed by atoms with Crippen LogP contribution in [0.3, 0.4) is 0 Å². The van der Waals surface area contributed by atoms with Gasteiger partial charge in [0.15, 0.2) is 0 Å². The maximum absolute atomic E-state index is 10.7. The predicted octanol–water partition coefficient (Wildman–Crippen LogP) is 1.57. The molecule has 1 unspecified atom stereocenters. The van der Waals surface area contributed by atoms with Gasteiger partial charge in [0, 0.05) is 5.88 Å². The molecule has 5 heteroatoms. The van der Waals surface area contributed by atoms with Crippen molar-refractivity contribution in [1.29, 1.82) is 0 Å². The Morgan fingerprint density at radius 1 is 1.70 bits per heavy atom. The van der Waals surface area contributed by atoms with Crippen LogP contribution in [0.2, 0.25) is 0 Å². The van der Waals surface area contributed by atoms with Crippen LogP contribution in [-0.2, 0) is 9.53 Å². The predicted molar refractivity (Wildman–Crippen MR) is 39.6 cm³/mol. The summed E-state index contributed by atoms with van der Waals surface area (Å²) in [6.45, 7) is 0.218. The molecule has 0 radical (unpaired) electrons. The van der Waals surface area contributed by atoms with Crippen molar-refractivity contribution < 1.29 is 9.53 Å². The number of hydrogen-bond acceptors (Lipinski definition) is 2. The third kappa shape index (κ3) is 1.20. The number of ether oxygens (including phenoxy) is 1. The molecular formula is C5H5Cl3O2. The van der Waals surface area contributed by atoms with Crippen molar-refractivity contribution in [2.24, 2.45) is 5.92 Å². The van der Waals surface area contributed by atoms with E-state index >= 15 is 0 Å². The van der Waals surface area contributed by atoms with Crippen LogP contribution in [0.4, 0.5) is 0 Å². The van der Waals surface area contributed by atoms with Crippen molar-refractivity contribution in [2.45, 2.75) is 4.33 Å². The van der Waals surface area contributed by atoms with E-state index in [-0.39, 0.29) is 18.4 Å². The molecule has 0 N–H and O–H groups in total. The number of alkyl halides is 3. The Morgan fingerprint density at radius 3 is 2.50 bits per heavy atom. The highest BCUT2D eigenvalue weighted by Crippen LogP contribution is 2.37. The average Bonchev–Trinajstić information content (AvgIpc) is 2.10. The molecular weight excluding hydrogens is 198 g/mol. The van der Waals surface area contributed by atoms with Gasteiger partial charge in [-0.1, -0.05) is 23.2 Å². The van der Waals surface area contributed by atoms with Gasteiger partial charge in [-0.25, -0.2) is 4.79 Å². The van der Waals surface area contributed by atoms with E-state index in [9.17, 15) is 4.79 Å². The van der Waals surface area contributed by atoms with Crippen LogP contribution in [-0.4, -0.2) is 22.8 Å². The van der Waals surface area contributed by atoms with Gasteiger partial charge in [0.25, 0.3) is 0 Å². The number of cyclic esters (lactones) is 1. The second-order valence-corrected chi connectivity index (χ2v) is 3.77. The summed E-state index contributed by atoms with van der Waals surface area (Å²) in [6, 6.07) is 0. The first-order valence-corrected chi connectivity index (χ1v) is 3.99. The lowest BCUT2D eigenvalue weighted by Gasteiger charge is -2.12. The number of halogens is 3. The fourth-order valence-corrected chi connectivity index (χ4v) is 1.55. The Kier molecular flexibility index (Phi) is 2.33. The molecule has 0 bridgehead atoms. The molecule has 0 aliphatic carbocycles. The van der Waals surface area contributed by atoms with Gasteiger partial charge in [0.05, 0.1) is 12.5 Å². The van der Waals surface area contributed by atoms with Crippen LogP contribution >= 0.6 is 34.8 Å². The van der Waals surface area contributed by atoms with Crippen molar-refractivity contribution in [1.82, 2.24) is 0 Å². The molecule has 10 heavy (non-hydrogen) atoms. The van der Waals surface area contributed by atoms with Gasteiger partial charge < -0.3 is 4.74 Å². The highest BCUT2D eigenvalue weighted by molar-refractivity contribution is 6.58. The molecule has 1 saturated heterocycles. The largest absolute Gasteiger partial charge is 0.463 e. The molecule has 0 spiro atoms. The van der Waals surface area contributed by atoms with E-state index in [1.54, 1.807) is 0 Å². The van der Waals surface area contributed by atoms with Gasteiger partial charge in [-0.15, -0.1) is 11.6 Å². The van der Waals surface area contributed by atoms with Crippen LogP contribution in [0.1, 0.15) is 0 Å². The SMILES string of the molecule is O=C1OCC(CCl)C1(Cl)Cl. The van der Waals surface area contributed by atoms with Gasteiger partial charge in [0.1, 0.15) is 0 Å². The Balaban J connectivity index is 2.73. The molecule has 1 aliphatic rings. The molecule has 1 heterocycles. The molecule has 1 fully saturated rings. The summed E-state index contributed by atoms with van der Waals surface area (Å²) in [5.74, 6) is -0.648. The van der Waals surface area contributed by atoms with Crippen LogP contribution in [0.25, 0.3) is 0 Å². The minimum Gasteiger partial charge on any atom is -0.463 e. The first kappa shape index (κ1) is 8.44. The fourth-order valence-electron chi connectivity index (χ4n) is 0.685. The zero-order valence-corrected chi connectivity index (χ0v) is 7.21. The van der Waals surface area contributed by atoms with Crippen molar-refractivity contribution in [3.8, 4) is 0 Å². The zero-order chi connectivity index (χ0) is 7.78. The van der Waals surface area contributed by atoms with E-state index in [1.807, 2.05) is 0 Å². The van der Waals surface area contributed by atoms with Gasteiger partial charge in [-0.05, 0) is 0 Å². The summed E-state index contributed by atoms with van der Waals surface area (Å²) >= 11 is 16.6. The molecule has 0 aromatic rings. The van der Waals surface area contributed by atoms with E-state index in [4.69, 9.17) is 34.8 Å². The first-order valence-electron chi connectivity index (χ1n) is 2.70. The highest BCUT2D eigenvalue weighted by Gasteiger charge is 2.49. The third-order valence-electron chi connectivity index (χ3n) is 1.39. The van der Waals surface area contributed by atoms with Crippen LogP contribution in [0.15, 0.2) is 0 Å². The van der Waals surface area contributed by atoms with Crippen molar-refractivity contribution in [3.63, 3.8) is 0 Å². The van der Waals surface area contributed by atoms with Gasteiger partial charge in [-0.3, -0.25) is 0 Å². The molecule has 1 rings (SSSR count).